The maximum Gasteiger partial charge on any atom is 0.220 e. The van der Waals surface area contributed by atoms with E-state index in [4.69, 9.17) is 18.9 Å². The van der Waals surface area contributed by atoms with Crippen LogP contribution in [0.25, 0.3) is 0 Å². The molecule has 55 heavy (non-hydrogen) atoms. The van der Waals surface area contributed by atoms with Gasteiger partial charge in [-0.05, 0) is 12.8 Å². The van der Waals surface area contributed by atoms with Gasteiger partial charge in [-0.25, -0.2) is 0 Å². The van der Waals surface area contributed by atoms with Crippen molar-refractivity contribution in [2.24, 2.45) is 0 Å². The molecule has 2 saturated heterocycles. The van der Waals surface area contributed by atoms with Gasteiger partial charge in [0.05, 0.1) is 32.0 Å². The number of unbranched alkanes of at least 4 members (excludes halogenated alkanes) is 19. The molecule has 9 N–H and O–H groups in total. The third-order valence-electron chi connectivity index (χ3n) is 11.1. The number of carbonyl (C=O) groups is 1. The van der Waals surface area contributed by atoms with Gasteiger partial charge in [-0.1, -0.05) is 142 Å². The second kappa shape index (κ2) is 30.1. The first-order valence-electron chi connectivity index (χ1n) is 21.8. The quantitative estimate of drug-likeness (QED) is 0.0445. The summed E-state index contributed by atoms with van der Waals surface area (Å²) < 4.78 is 22.6. The van der Waals surface area contributed by atoms with Crippen LogP contribution in [0, 0.1) is 0 Å². The van der Waals surface area contributed by atoms with Crippen LogP contribution < -0.4 is 5.32 Å². The highest BCUT2D eigenvalue weighted by Gasteiger charge is 2.51. The highest BCUT2D eigenvalue weighted by atomic mass is 16.7. The Hall–Kier alpha value is -1.01. The first kappa shape index (κ1) is 50.1. The van der Waals surface area contributed by atoms with Gasteiger partial charge in [0.15, 0.2) is 12.6 Å². The summed E-state index contributed by atoms with van der Waals surface area (Å²) in [5.41, 5.74) is 0. The monoisotopic (exact) mass is 794 g/mol. The molecular formula is C41H79NO13. The highest BCUT2D eigenvalue weighted by Crippen LogP contribution is 2.30. The third-order valence-corrected chi connectivity index (χ3v) is 11.1. The minimum Gasteiger partial charge on any atom is -0.394 e. The Morgan fingerprint density at radius 2 is 1.04 bits per heavy atom. The summed E-state index contributed by atoms with van der Waals surface area (Å²) in [6.45, 7) is 2.79. The lowest BCUT2D eigenvalue weighted by atomic mass is 9.97. The van der Waals surface area contributed by atoms with E-state index in [9.17, 15) is 45.6 Å². The summed E-state index contributed by atoms with van der Waals surface area (Å²) in [6.07, 6.45) is 8.39. The van der Waals surface area contributed by atoms with Crippen LogP contribution in [0.1, 0.15) is 162 Å². The van der Waals surface area contributed by atoms with Crippen molar-refractivity contribution in [3.05, 3.63) is 0 Å². The van der Waals surface area contributed by atoms with E-state index in [1.54, 1.807) is 0 Å². The summed E-state index contributed by atoms with van der Waals surface area (Å²) in [5, 5.41) is 86.4. The van der Waals surface area contributed by atoms with E-state index in [-0.39, 0.29) is 12.5 Å². The van der Waals surface area contributed by atoms with Crippen molar-refractivity contribution in [1.82, 2.24) is 5.32 Å². The van der Waals surface area contributed by atoms with Crippen LogP contribution in [0.2, 0.25) is 0 Å². The normalized spacial score (nSPS) is 29.6. The van der Waals surface area contributed by atoms with Crippen LogP contribution in [0.15, 0.2) is 0 Å². The summed E-state index contributed by atoms with van der Waals surface area (Å²) >= 11 is 0. The van der Waals surface area contributed by atoms with Crippen molar-refractivity contribution in [3.63, 3.8) is 0 Å². The maximum absolute atomic E-state index is 13.0. The van der Waals surface area contributed by atoms with E-state index in [1.807, 2.05) is 0 Å². The lowest BCUT2D eigenvalue weighted by Gasteiger charge is -2.46. The number of hydrogen-bond acceptors (Lipinski definition) is 13. The minimum atomic E-state index is -1.78. The molecule has 12 atom stereocenters. The molecule has 0 aromatic heterocycles. The molecule has 1 amide bonds. The molecule has 2 fully saturated rings. The molecule has 326 valence electrons. The molecule has 14 nitrogen and oxygen atoms in total. The fourth-order valence-corrected chi connectivity index (χ4v) is 7.41. The zero-order chi connectivity index (χ0) is 40.4. The minimum absolute atomic E-state index is 0.211. The van der Waals surface area contributed by atoms with Crippen LogP contribution in [0.4, 0.5) is 0 Å². The fraction of sp³-hybridized carbons (Fsp3) is 0.976. The number of amides is 1. The fourth-order valence-electron chi connectivity index (χ4n) is 7.41. The Balaban J connectivity index is 1.91. The zero-order valence-corrected chi connectivity index (χ0v) is 33.9. The van der Waals surface area contributed by atoms with E-state index in [0.29, 0.717) is 12.8 Å². The second-order valence-electron chi connectivity index (χ2n) is 15.8. The van der Waals surface area contributed by atoms with Crippen molar-refractivity contribution in [1.29, 1.82) is 0 Å². The Morgan fingerprint density at radius 3 is 1.55 bits per heavy atom. The third kappa shape index (κ3) is 19.1. The molecule has 0 aromatic carbocycles. The van der Waals surface area contributed by atoms with Gasteiger partial charge in [0.2, 0.25) is 5.91 Å². The van der Waals surface area contributed by atoms with Crippen LogP contribution in [-0.2, 0) is 23.7 Å². The zero-order valence-electron chi connectivity index (χ0n) is 33.9. The Morgan fingerprint density at radius 1 is 0.582 bits per heavy atom. The summed E-state index contributed by atoms with van der Waals surface area (Å²) in [6, 6.07) is -0.817. The number of aliphatic hydroxyl groups excluding tert-OH is 8. The Labute approximate surface area is 330 Å². The van der Waals surface area contributed by atoms with Crippen molar-refractivity contribution in [2.75, 3.05) is 19.8 Å². The van der Waals surface area contributed by atoms with Gasteiger partial charge >= 0.3 is 0 Å². The van der Waals surface area contributed by atoms with Crippen molar-refractivity contribution in [3.8, 4) is 0 Å². The molecule has 4 unspecified atom stereocenters. The van der Waals surface area contributed by atoms with Gasteiger partial charge in [-0.3, -0.25) is 4.79 Å². The number of aliphatic hydroxyl groups is 8. The first-order chi connectivity index (χ1) is 26.6. The number of hydrogen-bond donors (Lipinski definition) is 9. The van der Waals surface area contributed by atoms with Crippen LogP contribution in [0.3, 0.4) is 0 Å². The van der Waals surface area contributed by atoms with Crippen molar-refractivity contribution < 1.29 is 64.6 Å². The lowest BCUT2D eigenvalue weighted by Crippen LogP contribution is -2.65. The Kier molecular flexibility index (Phi) is 27.4. The van der Waals surface area contributed by atoms with Crippen molar-refractivity contribution >= 4 is 5.91 Å². The topological polar surface area (TPSA) is 228 Å². The Bertz CT molecular complexity index is 946. The van der Waals surface area contributed by atoms with E-state index in [1.165, 1.54) is 83.5 Å². The van der Waals surface area contributed by atoms with Gasteiger partial charge in [0.25, 0.3) is 0 Å². The molecule has 0 aromatic rings. The van der Waals surface area contributed by atoms with Crippen LogP contribution >= 0.6 is 0 Å². The maximum atomic E-state index is 13.0. The molecule has 0 saturated carbocycles. The van der Waals surface area contributed by atoms with E-state index in [0.717, 1.165) is 51.4 Å². The standard InChI is InChI=1S/C41H79NO13/c1-3-5-7-9-11-13-15-16-18-20-22-24-30(45)29(42-33(46)25-23-21-19-17-14-12-10-8-6-4-2)28-52-40-38(51)36(49)39(32(27-44)54-40)55-41-37(50)35(48)34(47)31(26-43)53-41/h29-32,34-41,43-45,47-51H,3-28H2,1-2H3,(H,42,46)/t29-,30+,31+,32+,34-,35?,36?,37?,38?,39+,40+,41-/m0/s1. The number of carbonyl (C=O) groups excluding carboxylic acids is 1. The molecule has 0 bridgehead atoms. The van der Waals surface area contributed by atoms with Gasteiger partial charge in [-0.15, -0.1) is 0 Å². The number of ether oxygens (including phenoxy) is 4. The predicted octanol–water partition coefficient (Wildman–Crippen LogP) is 3.48. The number of nitrogens with one attached hydrogen (secondary N) is 1. The van der Waals surface area contributed by atoms with E-state index >= 15 is 0 Å². The lowest BCUT2D eigenvalue weighted by molar-refractivity contribution is -0.359. The molecule has 2 heterocycles. The summed E-state index contributed by atoms with van der Waals surface area (Å²) in [7, 11) is 0. The SMILES string of the molecule is CCCCCCCCCCCCC[C@@H](O)[C@H](CO[C@@H]1O[C@H](CO)[C@@H](O[C@@H]2O[C@H](CO)[C@H](O)C(O)C2O)C(O)C1O)NC(=O)CCCCCCCCCCCC. The van der Waals surface area contributed by atoms with Crippen molar-refractivity contribution in [2.45, 2.75) is 235 Å². The summed E-state index contributed by atoms with van der Waals surface area (Å²) in [4.78, 5) is 13.0. The average molecular weight is 794 g/mol. The average Bonchev–Trinajstić information content (AvgIpc) is 3.18. The van der Waals surface area contributed by atoms with Gasteiger partial charge in [0, 0.05) is 6.42 Å². The molecule has 0 spiro atoms. The molecule has 14 heteroatoms. The van der Waals surface area contributed by atoms with Gasteiger partial charge in [0.1, 0.15) is 48.8 Å². The molecule has 2 aliphatic rings. The molecule has 2 aliphatic heterocycles. The van der Waals surface area contributed by atoms with Gasteiger partial charge < -0.3 is 65.1 Å². The molecule has 0 radical (unpaired) electrons. The van der Waals surface area contributed by atoms with Crippen LogP contribution in [0.5, 0.6) is 0 Å². The van der Waals surface area contributed by atoms with Crippen LogP contribution in [-0.4, -0.2) is 140 Å². The molecule has 0 aliphatic carbocycles. The van der Waals surface area contributed by atoms with Gasteiger partial charge in [-0.2, -0.15) is 0 Å². The largest absolute Gasteiger partial charge is 0.394 e. The van der Waals surface area contributed by atoms with E-state index < -0.39 is 86.8 Å². The second-order valence-corrected chi connectivity index (χ2v) is 15.8. The molecular weight excluding hydrogens is 714 g/mol. The first-order valence-corrected chi connectivity index (χ1v) is 21.8. The van der Waals surface area contributed by atoms with E-state index in [2.05, 4.69) is 19.2 Å². The highest BCUT2D eigenvalue weighted by molar-refractivity contribution is 5.76. The smallest absolute Gasteiger partial charge is 0.220 e. The number of rotatable bonds is 32. The molecule has 2 rings (SSSR count). The summed E-state index contributed by atoms with van der Waals surface area (Å²) in [5.74, 6) is -0.211. The predicted molar refractivity (Wildman–Crippen MR) is 208 cm³/mol.